The van der Waals surface area contributed by atoms with Gasteiger partial charge in [0.05, 0.1) is 16.6 Å². The van der Waals surface area contributed by atoms with Crippen LogP contribution in [0, 0.1) is 11.7 Å². The molecule has 0 spiro atoms. The minimum absolute atomic E-state index is 0.119. The molecular weight excluding hydrogens is 319 g/mol. The molecule has 4 nitrogen and oxygen atoms in total. The number of amides is 2. The molecule has 23 heavy (non-hydrogen) atoms. The van der Waals surface area contributed by atoms with Crippen molar-refractivity contribution in [2.75, 3.05) is 16.8 Å². The third kappa shape index (κ3) is 3.35. The number of nitrogens with zero attached hydrogens (tertiary/aromatic N) is 1. The highest BCUT2D eigenvalue weighted by molar-refractivity contribution is 6.33. The van der Waals surface area contributed by atoms with Crippen molar-refractivity contribution in [3.05, 3.63) is 59.4 Å². The van der Waals surface area contributed by atoms with E-state index in [9.17, 15) is 14.0 Å². The van der Waals surface area contributed by atoms with Crippen LogP contribution in [0.5, 0.6) is 0 Å². The number of rotatable bonds is 3. The lowest BCUT2D eigenvalue weighted by Crippen LogP contribution is -2.28. The quantitative estimate of drug-likeness (QED) is 0.935. The van der Waals surface area contributed by atoms with E-state index >= 15 is 0 Å². The molecule has 1 atom stereocenters. The first-order valence-corrected chi connectivity index (χ1v) is 7.54. The van der Waals surface area contributed by atoms with Crippen LogP contribution in [-0.2, 0) is 9.59 Å². The lowest BCUT2D eigenvalue weighted by atomic mass is 10.1. The van der Waals surface area contributed by atoms with Crippen molar-refractivity contribution in [2.24, 2.45) is 5.92 Å². The van der Waals surface area contributed by atoms with Crippen LogP contribution in [-0.4, -0.2) is 18.4 Å². The first kappa shape index (κ1) is 15.5. The molecule has 118 valence electrons. The number of nitrogens with one attached hydrogen (secondary N) is 1. The van der Waals surface area contributed by atoms with E-state index in [2.05, 4.69) is 5.32 Å². The first-order chi connectivity index (χ1) is 11.0. The van der Waals surface area contributed by atoms with Crippen LogP contribution in [0.3, 0.4) is 0 Å². The summed E-state index contributed by atoms with van der Waals surface area (Å²) in [4.78, 5) is 26.0. The Kier molecular flexibility index (Phi) is 4.30. The van der Waals surface area contributed by atoms with Crippen molar-refractivity contribution in [3.8, 4) is 0 Å². The van der Waals surface area contributed by atoms with Gasteiger partial charge >= 0.3 is 0 Å². The van der Waals surface area contributed by atoms with Crippen LogP contribution < -0.4 is 10.2 Å². The number of carbonyl (C=O) groups excluding carboxylic acids is 2. The Balaban J connectivity index is 1.71. The third-order valence-electron chi connectivity index (χ3n) is 3.77. The molecule has 1 heterocycles. The maximum Gasteiger partial charge on any atom is 0.229 e. The summed E-state index contributed by atoms with van der Waals surface area (Å²) in [5, 5.41) is 3.19. The number of para-hydroxylation sites is 1. The Morgan fingerprint density at radius 3 is 2.57 bits per heavy atom. The summed E-state index contributed by atoms with van der Waals surface area (Å²) in [5.41, 5.74) is 1.11. The van der Waals surface area contributed by atoms with Gasteiger partial charge in [-0.3, -0.25) is 9.59 Å². The van der Waals surface area contributed by atoms with Crippen LogP contribution in [0.2, 0.25) is 5.02 Å². The highest BCUT2D eigenvalue weighted by Gasteiger charge is 2.35. The Hall–Kier alpha value is -2.40. The van der Waals surface area contributed by atoms with E-state index in [0.29, 0.717) is 16.4 Å². The number of benzene rings is 2. The molecule has 1 saturated heterocycles. The zero-order valence-corrected chi connectivity index (χ0v) is 12.9. The minimum Gasteiger partial charge on any atom is -0.324 e. The van der Waals surface area contributed by atoms with Crippen molar-refractivity contribution in [2.45, 2.75) is 6.42 Å². The normalized spacial score (nSPS) is 17.4. The molecule has 2 aromatic carbocycles. The van der Waals surface area contributed by atoms with E-state index in [4.69, 9.17) is 11.6 Å². The molecule has 2 aromatic rings. The zero-order valence-electron chi connectivity index (χ0n) is 12.1. The summed E-state index contributed by atoms with van der Waals surface area (Å²) in [7, 11) is 0. The van der Waals surface area contributed by atoms with Crippen LogP contribution in [0.25, 0.3) is 0 Å². The largest absolute Gasteiger partial charge is 0.324 e. The number of anilines is 2. The van der Waals surface area contributed by atoms with Gasteiger partial charge < -0.3 is 10.2 Å². The second-order valence-electron chi connectivity index (χ2n) is 5.35. The Bertz CT molecular complexity index is 749. The molecule has 0 aliphatic carbocycles. The van der Waals surface area contributed by atoms with Crippen LogP contribution in [0.4, 0.5) is 15.8 Å². The summed E-state index contributed by atoms with van der Waals surface area (Å²) in [5.74, 6) is -1.25. The molecule has 2 amide bonds. The first-order valence-electron chi connectivity index (χ1n) is 7.16. The van der Waals surface area contributed by atoms with Gasteiger partial charge in [0.2, 0.25) is 11.8 Å². The van der Waals surface area contributed by atoms with Gasteiger partial charge in [0.25, 0.3) is 0 Å². The molecule has 0 saturated carbocycles. The molecule has 0 bridgehead atoms. The average molecular weight is 333 g/mol. The van der Waals surface area contributed by atoms with Gasteiger partial charge in [-0.2, -0.15) is 0 Å². The molecule has 3 rings (SSSR count). The fraction of sp³-hybridized carbons (Fsp3) is 0.176. The minimum atomic E-state index is -0.469. The van der Waals surface area contributed by atoms with Crippen molar-refractivity contribution in [1.29, 1.82) is 0 Å². The maximum atomic E-state index is 13.0. The topological polar surface area (TPSA) is 49.4 Å². The molecule has 0 aromatic heterocycles. The zero-order chi connectivity index (χ0) is 16.4. The fourth-order valence-electron chi connectivity index (χ4n) is 2.55. The highest BCUT2D eigenvalue weighted by Crippen LogP contribution is 2.27. The lowest BCUT2D eigenvalue weighted by Gasteiger charge is -2.16. The second kappa shape index (κ2) is 6.38. The lowest BCUT2D eigenvalue weighted by molar-refractivity contribution is -0.122. The number of carbonyl (C=O) groups is 2. The van der Waals surface area contributed by atoms with Crippen LogP contribution >= 0.6 is 11.6 Å². The van der Waals surface area contributed by atoms with E-state index in [1.165, 1.54) is 29.2 Å². The van der Waals surface area contributed by atoms with Gasteiger partial charge in [-0.15, -0.1) is 0 Å². The van der Waals surface area contributed by atoms with Gasteiger partial charge in [-0.05, 0) is 36.4 Å². The smallest absolute Gasteiger partial charge is 0.229 e. The van der Waals surface area contributed by atoms with E-state index in [0.717, 1.165) is 0 Å². The Morgan fingerprint density at radius 2 is 1.87 bits per heavy atom. The SMILES string of the molecule is O=C(Nc1ccccc1Cl)[C@H]1CC(=O)N(c2ccc(F)cc2)C1. The molecule has 1 N–H and O–H groups in total. The summed E-state index contributed by atoms with van der Waals surface area (Å²) >= 11 is 6.02. The Morgan fingerprint density at radius 1 is 1.17 bits per heavy atom. The monoisotopic (exact) mass is 332 g/mol. The van der Waals surface area contributed by atoms with Crippen molar-refractivity contribution in [3.63, 3.8) is 0 Å². The van der Waals surface area contributed by atoms with Crippen molar-refractivity contribution < 1.29 is 14.0 Å². The van der Waals surface area contributed by atoms with Crippen LogP contribution in [0.1, 0.15) is 6.42 Å². The second-order valence-corrected chi connectivity index (χ2v) is 5.76. The van der Waals surface area contributed by atoms with E-state index in [1.54, 1.807) is 24.3 Å². The van der Waals surface area contributed by atoms with Gasteiger partial charge in [-0.1, -0.05) is 23.7 Å². The highest BCUT2D eigenvalue weighted by atomic mass is 35.5. The summed E-state index contributed by atoms with van der Waals surface area (Å²) in [6.07, 6.45) is 0.119. The predicted molar refractivity (Wildman–Crippen MR) is 86.9 cm³/mol. The average Bonchev–Trinajstić information content (AvgIpc) is 2.92. The van der Waals surface area contributed by atoms with Crippen molar-refractivity contribution >= 4 is 34.8 Å². The van der Waals surface area contributed by atoms with Gasteiger partial charge in [-0.25, -0.2) is 4.39 Å². The van der Waals surface area contributed by atoms with Gasteiger partial charge in [0.1, 0.15) is 5.82 Å². The standard InChI is InChI=1S/C17H14ClFN2O2/c18-14-3-1-2-4-15(14)20-17(23)11-9-16(22)21(10-11)13-7-5-12(19)6-8-13/h1-8,11H,9-10H2,(H,20,23)/t11-/m0/s1. The molecule has 1 aliphatic heterocycles. The summed E-state index contributed by atoms with van der Waals surface area (Å²) < 4.78 is 13.0. The Labute approximate surface area is 137 Å². The maximum absolute atomic E-state index is 13.0. The molecule has 0 radical (unpaired) electrons. The number of hydrogen-bond donors (Lipinski definition) is 1. The fourth-order valence-corrected chi connectivity index (χ4v) is 2.73. The number of hydrogen-bond acceptors (Lipinski definition) is 2. The molecule has 0 unspecified atom stereocenters. The van der Waals surface area contributed by atoms with E-state index < -0.39 is 5.92 Å². The van der Waals surface area contributed by atoms with E-state index in [1.807, 2.05) is 0 Å². The third-order valence-corrected chi connectivity index (χ3v) is 4.10. The van der Waals surface area contributed by atoms with E-state index in [-0.39, 0.29) is 30.6 Å². The molecule has 1 aliphatic rings. The molecular formula is C17H14ClFN2O2. The summed E-state index contributed by atoms with van der Waals surface area (Å²) in [6.45, 7) is 0.265. The summed E-state index contributed by atoms with van der Waals surface area (Å²) in [6, 6.07) is 12.6. The van der Waals surface area contributed by atoms with Gasteiger partial charge in [0, 0.05) is 18.7 Å². The van der Waals surface area contributed by atoms with Gasteiger partial charge in [0.15, 0.2) is 0 Å². The predicted octanol–water partition coefficient (Wildman–Crippen LogP) is 3.47. The molecule has 6 heteroatoms. The van der Waals surface area contributed by atoms with Crippen LogP contribution in [0.15, 0.2) is 48.5 Å². The number of halogens is 2. The van der Waals surface area contributed by atoms with Crippen molar-refractivity contribution in [1.82, 2.24) is 0 Å². The molecule has 1 fully saturated rings.